The molecule has 1 fully saturated rings. The molecular formula is C14H19FO2. The van der Waals surface area contributed by atoms with Gasteiger partial charge >= 0.3 is 0 Å². The standard InChI is InChI=1S/C14H19FO2/c1-9-7-12(15)6-5-11(9)8-13(16)14(17-2)10-3-4-10/h5-7,10,13-14,16H,3-4,8H2,1-2H3. The molecule has 1 aromatic rings. The van der Waals surface area contributed by atoms with Crippen molar-refractivity contribution in [1.29, 1.82) is 0 Å². The third-order valence-corrected chi connectivity index (χ3v) is 3.47. The van der Waals surface area contributed by atoms with Gasteiger partial charge in [0.25, 0.3) is 0 Å². The van der Waals surface area contributed by atoms with Gasteiger partial charge in [0, 0.05) is 13.5 Å². The molecule has 0 bridgehead atoms. The number of aliphatic hydroxyl groups excluding tert-OH is 1. The summed E-state index contributed by atoms with van der Waals surface area (Å²) in [5, 5.41) is 10.1. The predicted molar refractivity (Wildman–Crippen MR) is 64.4 cm³/mol. The third-order valence-electron chi connectivity index (χ3n) is 3.47. The van der Waals surface area contributed by atoms with Crippen LogP contribution in [-0.2, 0) is 11.2 Å². The summed E-state index contributed by atoms with van der Waals surface area (Å²) in [6, 6.07) is 4.68. The number of ether oxygens (including phenoxy) is 1. The van der Waals surface area contributed by atoms with Crippen molar-refractivity contribution in [3.8, 4) is 0 Å². The second kappa shape index (κ2) is 5.15. The van der Waals surface area contributed by atoms with Crippen molar-refractivity contribution in [3.05, 3.63) is 35.1 Å². The van der Waals surface area contributed by atoms with E-state index in [9.17, 15) is 9.50 Å². The summed E-state index contributed by atoms with van der Waals surface area (Å²) in [6.07, 6.45) is 2.22. The van der Waals surface area contributed by atoms with Gasteiger partial charge in [-0.2, -0.15) is 0 Å². The van der Waals surface area contributed by atoms with Crippen molar-refractivity contribution in [3.63, 3.8) is 0 Å². The summed E-state index contributed by atoms with van der Waals surface area (Å²) in [4.78, 5) is 0. The average molecular weight is 238 g/mol. The molecule has 2 unspecified atom stereocenters. The van der Waals surface area contributed by atoms with Gasteiger partial charge in [0.1, 0.15) is 5.82 Å². The molecule has 3 heteroatoms. The van der Waals surface area contributed by atoms with E-state index in [1.807, 2.05) is 6.92 Å². The largest absolute Gasteiger partial charge is 0.390 e. The molecule has 0 spiro atoms. The Kier molecular flexibility index (Phi) is 3.79. The van der Waals surface area contributed by atoms with E-state index in [4.69, 9.17) is 4.74 Å². The third kappa shape index (κ3) is 3.05. The van der Waals surface area contributed by atoms with Crippen LogP contribution in [0.15, 0.2) is 18.2 Å². The molecule has 0 aliphatic heterocycles. The highest BCUT2D eigenvalue weighted by Crippen LogP contribution is 2.36. The highest BCUT2D eigenvalue weighted by atomic mass is 19.1. The summed E-state index contributed by atoms with van der Waals surface area (Å²) in [5.74, 6) is 0.266. The molecule has 1 aliphatic carbocycles. The van der Waals surface area contributed by atoms with E-state index < -0.39 is 6.10 Å². The minimum Gasteiger partial charge on any atom is -0.390 e. The van der Waals surface area contributed by atoms with E-state index in [-0.39, 0.29) is 11.9 Å². The fourth-order valence-corrected chi connectivity index (χ4v) is 2.32. The molecule has 0 radical (unpaired) electrons. The maximum absolute atomic E-state index is 13.0. The topological polar surface area (TPSA) is 29.5 Å². The lowest BCUT2D eigenvalue weighted by atomic mass is 9.97. The lowest BCUT2D eigenvalue weighted by Gasteiger charge is -2.22. The molecule has 17 heavy (non-hydrogen) atoms. The number of hydrogen-bond donors (Lipinski definition) is 1. The van der Waals surface area contributed by atoms with Gasteiger partial charge in [-0.1, -0.05) is 6.07 Å². The molecule has 1 saturated carbocycles. The zero-order chi connectivity index (χ0) is 12.4. The fourth-order valence-electron chi connectivity index (χ4n) is 2.32. The van der Waals surface area contributed by atoms with Crippen LogP contribution in [0.4, 0.5) is 4.39 Å². The Morgan fingerprint density at radius 1 is 1.47 bits per heavy atom. The SMILES string of the molecule is COC(C(O)Cc1ccc(F)cc1C)C1CC1. The second-order valence-corrected chi connectivity index (χ2v) is 4.88. The van der Waals surface area contributed by atoms with Crippen LogP contribution >= 0.6 is 0 Å². The lowest BCUT2D eigenvalue weighted by molar-refractivity contribution is -0.0238. The van der Waals surface area contributed by atoms with E-state index >= 15 is 0 Å². The second-order valence-electron chi connectivity index (χ2n) is 4.88. The zero-order valence-corrected chi connectivity index (χ0v) is 10.3. The van der Waals surface area contributed by atoms with Crippen LogP contribution in [0.5, 0.6) is 0 Å². The van der Waals surface area contributed by atoms with Crippen molar-refractivity contribution in [2.75, 3.05) is 7.11 Å². The van der Waals surface area contributed by atoms with Crippen molar-refractivity contribution in [2.24, 2.45) is 5.92 Å². The van der Waals surface area contributed by atoms with Gasteiger partial charge in [0.15, 0.2) is 0 Å². The Morgan fingerprint density at radius 2 is 2.18 bits per heavy atom. The first kappa shape index (κ1) is 12.5. The quantitative estimate of drug-likeness (QED) is 0.854. The van der Waals surface area contributed by atoms with Gasteiger partial charge < -0.3 is 9.84 Å². The number of aliphatic hydroxyl groups is 1. The van der Waals surface area contributed by atoms with Crippen LogP contribution in [0.3, 0.4) is 0 Å². The minimum atomic E-state index is -0.503. The molecular weight excluding hydrogens is 219 g/mol. The minimum absolute atomic E-state index is 0.0838. The molecule has 94 valence electrons. The van der Waals surface area contributed by atoms with Crippen LogP contribution in [0.1, 0.15) is 24.0 Å². The molecule has 1 aliphatic rings. The van der Waals surface area contributed by atoms with Gasteiger partial charge in [-0.15, -0.1) is 0 Å². The van der Waals surface area contributed by atoms with Crippen molar-refractivity contribution in [2.45, 2.75) is 38.4 Å². The van der Waals surface area contributed by atoms with E-state index in [1.54, 1.807) is 13.2 Å². The van der Waals surface area contributed by atoms with E-state index in [0.29, 0.717) is 12.3 Å². The maximum Gasteiger partial charge on any atom is 0.123 e. The van der Waals surface area contributed by atoms with Gasteiger partial charge in [0.05, 0.1) is 12.2 Å². The zero-order valence-electron chi connectivity index (χ0n) is 10.3. The number of methoxy groups -OCH3 is 1. The van der Waals surface area contributed by atoms with E-state index in [2.05, 4.69) is 0 Å². The van der Waals surface area contributed by atoms with Crippen molar-refractivity contribution in [1.82, 2.24) is 0 Å². The molecule has 0 amide bonds. The lowest BCUT2D eigenvalue weighted by Crippen LogP contribution is -2.32. The fraction of sp³-hybridized carbons (Fsp3) is 0.571. The number of halogens is 1. The summed E-state index contributed by atoms with van der Waals surface area (Å²) in [7, 11) is 1.64. The predicted octanol–water partition coefficient (Wildman–Crippen LogP) is 2.46. The molecule has 2 atom stereocenters. The van der Waals surface area contributed by atoms with Crippen molar-refractivity contribution >= 4 is 0 Å². The van der Waals surface area contributed by atoms with Crippen molar-refractivity contribution < 1.29 is 14.2 Å². The number of aryl methyl sites for hydroxylation is 1. The Balaban J connectivity index is 2.03. The summed E-state index contributed by atoms with van der Waals surface area (Å²) in [6.45, 7) is 1.87. The molecule has 0 heterocycles. The molecule has 1 N–H and O–H groups in total. The van der Waals surface area contributed by atoms with E-state index in [0.717, 1.165) is 24.0 Å². The smallest absolute Gasteiger partial charge is 0.123 e. The Hall–Kier alpha value is -0.930. The summed E-state index contributed by atoms with van der Waals surface area (Å²) < 4.78 is 18.3. The van der Waals surface area contributed by atoms with Crippen LogP contribution in [0.25, 0.3) is 0 Å². The average Bonchev–Trinajstić information content (AvgIpc) is 3.08. The van der Waals surface area contributed by atoms with Crippen LogP contribution in [0.2, 0.25) is 0 Å². The normalized spacial score (nSPS) is 19.1. The first-order chi connectivity index (χ1) is 8.11. The Morgan fingerprint density at radius 3 is 2.71 bits per heavy atom. The Bertz CT molecular complexity index is 388. The number of hydrogen-bond acceptors (Lipinski definition) is 2. The molecule has 1 aromatic carbocycles. The van der Waals surface area contributed by atoms with Crippen LogP contribution in [0, 0.1) is 18.7 Å². The molecule has 0 saturated heterocycles. The molecule has 2 nitrogen and oxygen atoms in total. The molecule has 2 rings (SSSR count). The maximum atomic E-state index is 13.0. The highest BCUT2D eigenvalue weighted by molar-refractivity contribution is 5.27. The number of benzene rings is 1. The van der Waals surface area contributed by atoms with Gasteiger partial charge in [-0.3, -0.25) is 0 Å². The molecule has 0 aromatic heterocycles. The monoisotopic (exact) mass is 238 g/mol. The first-order valence-corrected chi connectivity index (χ1v) is 6.07. The van der Waals surface area contributed by atoms with Gasteiger partial charge in [0.2, 0.25) is 0 Å². The Labute approximate surface area is 101 Å². The summed E-state index contributed by atoms with van der Waals surface area (Å²) >= 11 is 0. The first-order valence-electron chi connectivity index (χ1n) is 6.07. The van der Waals surface area contributed by atoms with Gasteiger partial charge in [-0.25, -0.2) is 4.39 Å². The number of rotatable bonds is 5. The van der Waals surface area contributed by atoms with Crippen LogP contribution in [-0.4, -0.2) is 24.4 Å². The van der Waals surface area contributed by atoms with E-state index in [1.165, 1.54) is 12.1 Å². The highest BCUT2D eigenvalue weighted by Gasteiger charge is 2.36. The summed E-state index contributed by atoms with van der Waals surface area (Å²) in [5.41, 5.74) is 1.87. The van der Waals surface area contributed by atoms with Gasteiger partial charge in [-0.05, 0) is 48.9 Å². The van der Waals surface area contributed by atoms with Crippen LogP contribution < -0.4 is 0 Å².